The zero-order valence-corrected chi connectivity index (χ0v) is 9.32. The lowest BCUT2D eigenvalue weighted by Crippen LogP contribution is -2.27. The summed E-state index contributed by atoms with van der Waals surface area (Å²) in [7, 11) is 0. The van der Waals surface area contributed by atoms with Crippen molar-refractivity contribution in [1.82, 2.24) is 0 Å². The van der Waals surface area contributed by atoms with E-state index in [-0.39, 0.29) is 22.2 Å². The SMILES string of the molecule is CC(C)(C)OOC(C)(C)C.[Si]. The van der Waals surface area contributed by atoms with Gasteiger partial charge in [-0.2, -0.15) is 0 Å². The standard InChI is InChI=1S/C8H18O2.Si/c1-7(2,3)9-10-8(4,5)6;/h1-6H3;. The van der Waals surface area contributed by atoms with Crippen molar-refractivity contribution in [2.75, 3.05) is 0 Å². The van der Waals surface area contributed by atoms with Gasteiger partial charge in [-0.05, 0) is 41.5 Å². The summed E-state index contributed by atoms with van der Waals surface area (Å²) < 4.78 is 0. The second-order valence-electron chi connectivity index (χ2n) is 4.39. The van der Waals surface area contributed by atoms with Crippen molar-refractivity contribution in [3.8, 4) is 0 Å². The molecule has 0 aromatic heterocycles. The van der Waals surface area contributed by atoms with E-state index < -0.39 is 0 Å². The summed E-state index contributed by atoms with van der Waals surface area (Å²) >= 11 is 0. The maximum Gasteiger partial charge on any atom is 0.0952 e. The number of hydrogen-bond acceptors (Lipinski definition) is 2. The molecule has 0 saturated carbocycles. The third-order valence-corrected chi connectivity index (χ3v) is 0.542. The van der Waals surface area contributed by atoms with Gasteiger partial charge in [-0.3, -0.25) is 0 Å². The zero-order valence-electron chi connectivity index (χ0n) is 8.32. The fraction of sp³-hybridized carbons (Fsp3) is 1.00. The third-order valence-electron chi connectivity index (χ3n) is 0.542. The fourth-order valence-electron chi connectivity index (χ4n) is 0.250. The van der Waals surface area contributed by atoms with Gasteiger partial charge in [0.25, 0.3) is 0 Å². The molecule has 0 aliphatic heterocycles. The average molecular weight is 174 g/mol. The summed E-state index contributed by atoms with van der Waals surface area (Å²) in [6.45, 7) is 11.7. The predicted molar refractivity (Wildman–Crippen MR) is 47.4 cm³/mol. The third kappa shape index (κ3) is 13.2. The highest BCUT2D eigenvalue weighted by Gasteiger charge is 2.18. The second kappa shape index (κ2) is 4.23. The minimum absolute atomic E-state index is 0. The Balaban J connectivity index is 0. The first-order valence-corrected chi connectivity index (χ1v) is 3.57. The highest BCUT2D eigenvalue weighted by atomic mass is 28.1. The van der Waals surface area contributed by atoms with Gasteiger partial charge < -0.3 is 0 Å². The van der Waals surface area contributed by atoms with Crippen molar-refractivity contribution >= 4 is 11.0 Å². The molecule has 0 fully saturated rings. The van der Waals surface area contributed by atoms with E-state index in [2.05, 4.69) is 0 Å². The molecule has 0 aromatic rings. The van der Waals surface area contributed by atoms with Gasteiger partial charge in [0.15, 0.2) is 0 Å². The minimum atomic E-state index is -0.215. The monoisotopic (exact) mass is 174 g/mol. The number of rotatable bonds is 1. The Labute approximate surface area is 74.2 Å². The molecule has 0 aliphatic carbocycles. The van der Waals surface area contributed by atoms with Crippen LogP contribution in [-0.4, -0.2) is 22.2 Å². The molecule has 0 aromatic carbocycles. The van der Waals surface area contributed by atoms with Crippen molar-refractivity contribution < 1.29 is 9.78 Å². The first kappa shape index (κ1) is 13.7. The van der Waals surface area contributed by atoms with E-state index in [1.165, 1.54) is 0 Å². The van der Waals surface area contributed by atoms with Gasteiger partial charge in [0, 0.05) is 11.0 Å². The molecule has 0 spiro atoms. The van der Waals surface area contributed by atoms with Crippen molar-refractivity contribution in [1.29, 1.82) is 0 Å². The van der Waals surface area contributed by atoms with E-state index in [9.17, 15) is 0 Å². The van der Waals surface area contributed by atoms with Crippen LogP contribution < -0.4 is 0 Å². The van der Waals surface area contributed by atoms with Crippen LogP contribution in [0.2, 0.25) is 0 Å². The Bertz CT molecular complexity index is 85.6. The Hall–Kier alpha value is 0.137. The molecule has 0 heterocycles. The predicted octanol–water partition coefficient (Wildman–Crippen LogP) is 2.15. The van der Waals surface area contributed by atoms with Crippen LogP contribution in [0.1, 0.15) is 41.5 Å². The van der Waals surface area contributed by atoms with E-state index in [0.717, 1.165) is 0 Å². The minimum Gasteiger partial charge on any atom is -0.230 e. The fourth-order valence-corrected chi connectivity index (χ4v) is 0.250. The summed E-state index contributed by atoms with van der Waals surface area (Å²) in [5, 5.41) is 0. The molecule has 0 bridgehead atoms. The lowest BCUT2D eigenvalue weighted by molar-refractivity contribution is -0.393. The normalized spacial score (nSPS) is 12.5. The lowest BCUT2D eigenvalue weighted by atomic mass is 10.2. The first-order valence-electron chi connectivity index (χ1n) is 3.57. The van der Waals surface area contributed by atoms with Crippen molar-refractivity contribution in [2.24, 2.45) is 0 Å². The molecule has 0 atom stereocenters. The van der Waals surface area contributed by atoms with Crippen LogP contribution in [0.5, 0.6) is 0 Å². The Morgan fingerprint density at radius 3 is 0.909 bits per heavy atom. The maximum absolute atomic E-state index is 5.09. The van der Waals surface area contributed by atoms with Crippen LogP contribution >= 0.6 is 0 Å². The molecule has 66 valence electrons. The van der Waals surface area contributed by atoms with E-state index in [4.69, 9.17) is 9.78 Å². The number of hydrogen-bond donors (Lipinski definition) is 0. The molecular formula is C8H18O2Si. The molecule has 0 rings (SSSR count). The summed E-state index contributed by atoms with van der Waals surface area (Å²) in [5.74, 6) is 0. The Morgan fingerprint density at radius 2 is 0.818 bits per heavy atom. The van der Waals surface area contributed by atoms with Gasteiger partial charge in [0.05, 0.1) is 11.2 Å². The summed E-state index contributed by atoms with van der Waals surface area (Å²) in [4.78, 5) is 10.2. The van der Waals surface area contributed by atoms with Gasteiger partial charge >= 0.3 is 0 Å². The highest BCUT2D eigenvalue weighted by molar-refractivity contribution is 5.75. The highest BCUT2D eigenvalue weighted by Crippen LogP contribution is 2.14. The maximum atomic E-state index is 5.09. The molecule has 0 amide bonds. The Morgan fingerprint density at radius 1 is 0.636 bits per heavy atom. The van der Waals surface area contributed by atoms with Crippen LogP contribution in [0.3, 0.4) is 0 Å². The summed E-state index contributed by atoms with van der Waals surface area (Å²) in [5.41, 5.74) is -0.430. The quantitative estimate of drug-likeness (QED) is 0.344. The molecule has 3 heteroatoms. The molecule has 4 radical (unpaired) electrons. The van der Waals surface area contributed by atoms with Gasteiger partial charge in [0.2, 0.25) is 0 Å². The zero-order chi connectivity index (χ0) is 8.41. The van der Waals surface area contributed by atoms with E-state index >= 15 is 0 Å². The van der Waals surface area contributed by atoms with E-state index in [1.54, 1.807) is 0 Å². The molecule has 0 unspecified atom stereocenters. The van der Waals surface area contributed by atoms with Crippen molar-refractivity contribution in [2.45, 2.75) is 52.7 Å². The topological polar surface area (TPSA) is 18.5 Å². The van der Waals surface area contributed by atoms with Gasteiger partial charge in [-0.15, -0.1) is 0 Å². The molecule has 0 aliphatic rings. The molecule has 0 saturated heterocycles. The molecule has 11 heavy (non-hydrogen) atoms. The van der Waals surface area contributed by atoms with Crippen LogP contribution in [0.4, 0.5) is 0 Å². The van der Waals surface area contributed by atoms with Crippen LogP contribution in [-0.2, 0) is 9.78 Å². The summed E-state index contributed by atoms with van der Waals surface area (Å²) in [6, 6.07) is 0. The smallest absolute Gasteiger partial charge is 0.0952 e. The van der Waals surface area contributed by atoms with Crippen molar-refractivity contribution in [3.05, 3.63) is 0 Å². The first-order chi connectivity index (χ1) is 4.21. The van der Waals surface area contributed by atoms with Gasteiger partial charge in [-0.1, -0.05) is 0 Å². The Kier molecular flexibility index (Phi) is 5.28. The van der Waals surface area contributed by atoms with Gasteiger partial charge in [0.1, 0.15) is 0 Å². The molecular weight excluding hydrogens is 156 g/mol. The summed E-state index contributed by atoms with van der Waals surface area (Å²) in [6.07, 6.45) is 0. The van der Waals surface area contributed by atoms with Gasteiger partial charge in [-0.25, -0.2) is 9.78 Å². The average Bonchev–Trinajstić information content (AvgIpc) is 1.57. The van der Waals surface area contributed by atoms with Crippen LogP contribution in [0.25, 0.3) is 0 Å². The largest absolute Gasteiger partial charge is 0.230 e. The molecule has 2 nitrogen and oxygen atoms in total. The van der Waals surface area contributed by atoms with E-state index in [1.807, 2.05) is 41.5 Å². The lowest BCUT2D eigenvalue weighted by Gasteiger charge is -2.24. The van der Waals surface area contributed by atoms with Crippen molar-refractivity contribution in [3.63, 3.8) is 0 Å². The van der Waals surface area contributed by atoms with Crippen LogP contribution in [0.15, 0.2) is 0 Å². The van der Waals surface area contributed by atoms with E-state index in [0.29, 0.717) is 0 Å². The van der Waals surface area contributed by atoms with Crippen LogP contribution in [0, 0.1) is 0 Å². The molecule has 0 N–H and O–H groups in total. The second-order valence-corrected chi connectivity index (χ2v) is 4.39.